The van der Waals surface area contributed by atoms with Crippen molar-refractivity contribution in [1.29, 1.82) is 0 Å². The minimum atomic E-state index is -0.520. The van der Waals surface area contributed by atoms with Gasteiger partial charge in [0.25, 0.3) is 11.8 Å². The molecule has 2 heterocycles. The molecule has 6 aromatic rings. The van der Waals surface area contributed by atoms with Crippen molar-refractivity contribution >= 4 is 68.7 Å². The molecular weight excluding hydrogens is 596 g/mol. The number of hydrogen-bond acceptors (Lipinski definition) is 5. The number of carbonyl (C=O) groups excluding carboxylic acids is 3. The molecule has 0 aliphatic carbocycles. The average molecular weight is 629 g/mol. The van der Waals surface area contributed by atoms with Crippen molar-refractivity contribution in [2.24, 2.45) is 0 Å². The SMILES string of the molecule is CCn1c2ccccc2c2cc(NC(=O)C(C)Sc3cccc(NC(=O)/C(=C/c4ccco4)NC(=O)c4ccccc4)c3)ccc21. The van der Waals surface area contributed by atoms with Crippen LogP contribution in [0.1, 0.15) is 30.0 Å². The highest BCUT2D eigenvalue weighted by atomic mass is 32.2. The Morgan fingerprint density at radius 1 is 0.804 bits per heavy atom. The molecule has 0 aliphatic rings. The van der Waals surface area contributed by atoms with Crippen LogP contribution in [0.5, 0.6) is 0 Å². The smallest absolute Gasteiger partial charge is 0.272 e. The number of hydrogen-bond donors (Lipinski definition) is 3. The molecule has 9 heteroatoms. The molecule has 3 amide bonds. The van der Waals surface area contributed by atoms with Crippen LogP contribution in [0.25, 0.3) is 27.9 Å². The van der Waals surface area contributed by atoms with Crippen LogP contribution in [-0.4, -0.2) is 27.5 Å². The number of amides is 3. The summed E-state index contributed by atoms with van der Waals surface area (Å²) in [4.78, 5) is 40.2. The van der Waals surface area contributed by atoms with E-state index in [1.165, 1.54) is 29.6 Å². The van der Waals surface area contributed by atoms with E-state index in [0.717, 1.165) is 33.4 Å². The maximum atomic E-state index is 13.3. The van der Waals surface area contributed by atoms with Gasteiger partial charge in [0.05, 0.1) is 11.5 Å². The number of benzene rings is 4. The fourth-order valence-corrected chi connectivity index (χ4v) is 6.20. The molecule has 0 fully saturated rings. The first-order valence-corrected chi connectivity index (χ1v) is 15.8. The summed E-state index contributed by atoms with van der Waals surface area (Å²) in [7, 11) is 0. The van der Waals surface area contributed by atoms with E-state index in [1.807, 2.05) is 43.3 Å². The molecule has 2 aromatic heterocycles. The van der Waals surface area contributed by atoms with E-state index in [9.17, 15) is 14.4 Å². The Labute approximate surface area is 270 Å². The fourth-order valence-electron chi connectivity index (χ4n) is 5.28. The van der Waals surface area contributed by atoms with Crippen LogP contribution < -0.4 is 16.0 Å². The fraction of sp³-hybridized carbons (Fsp3) is 0.108. The number of anilines is 2. The highest BCUT2D eigenvalue weighted by molar-refractivity contribution is 8.00. The van der Waals surface area contributed by atoms with Crippen LogP contribution >= 0.6 is 11.8 Å². The molecule has 4 aromatic carbocycles. The first-order chi connectivity index (χ1) is 22.4. The highest BCUT2D eigenvalue weighted by Crippen LogP contribution is 2.32. The second-order valence-corrected chi connectivity index (χ2v) is 12.0. The van der Waals surface area contributed by atoms with Gasteiger partial charge in [-0.15, -0.1) is 11.8 Å². The number of aromatic nitrogens is 1. The van der Waals surface area contributed by atoms with Crippen molar-refractivity contribution < 1.29 is 18.8 Å². The van der Waals surface area contributed by atoms with Crippen molar-refractivity contribution in [3.05, 3.63) is 132 Å². The molecule has 1 atom stereocenters. The summed E-state index contributed by atoms with van der Waals surface area (Å²) in [5, 5.41) is 10.4. The Morgan fingerprint density at radius 2 is 1.57 bits per heavy atom. The third kappa shape index (κ3) is 6.74. The second kappa shape index (κ2) is 13.6. The molecule has 1 unspecified atom stereocenters. The van der Waals surface area contributed by atoms with Crippen molar-refractivity contribution in [3.8, 4) is 0 Å². The number of thioether (sulfide) groups is 1. The lowest BCUT2D eigenvalue weighted by molar-refractivity contribution is -0.115. The molecule has 0 saturated carbocycles. The van der Waals surface area contributed by atoms with E-state index >= 15 is 0 Å². The van der Waals surface area contributed by atoms with Crippen LogP contribution in [0.2, 0.25) is 0 Å². The summed E-state index contributed by atoms with van der Waals surface area (Å²) >= 11 is 1.38. The van der Waals surface area contributed by atoms with Gasteiger partial charge in [-0.25, -0.2) is 0 Å². The summed E-state index contributed by atoms with van der Waals surface area (Å²) in [5.74, 6) is -0.662. The van der Waals surface area contributed by atoms with Crippen molar-refractivity contribution in [2.75, 3.05) is 10.6 Å². The Bertz CT molecular complexity index is 2070. The lowest BCUT2D eigenvalue weighted by Gasteiger charge is -2.14. The molecule has 3 N–H and O–H groups in total. The lowest BCUT2D eigenvalue weighted by Crippen LogP contribution is -2.30. The predicted molar refractivity (Wildman–Crippen MR) is 185 cm³/mol. The van der Waals surface area contributed by atoms with Gasteiger partial charge in [-0.05, 0) is 80.6 Å². The lowest BCUT2D eigenvalue weighted by atomic mass is 10.1. The third-order valence-corrected chi connectivity index (χ3v) is 8.58. The maximum Gasteiger partial charge on any atom is 0.272 e. The van der Waals surface area contributed by atoms with Crippen molar-refractivity contribution in [2.45, 2.75) is 30.5 Å². The zero-order valence-corrected chi connectivity index (χ0v) is 26.1. The van der Waals surface area contributed by atoms with Crippen LogP contribution in [0.3, 0.4) is 0 Å². The molecule has 8 nitrogen and oxygen atoms in total. The van der Waals surface area contributed by atoms with E-state index in [2.05, 4.69) is 45.6 Å². The molecule has 0 spiro atoms. The summed E-state index contributed by atoms with van der Waals surface area (Å²) in [6.07, 6.45) is 2.96. The largest absolute Gasteiger partial charge is 0.465 e. The molecule has 6 rings (SSSR count). The number of para-hydroxylation sites is 1. The number of rotatable bonds is 10. The number of aryl methyl sites for hydroxylation is 1. The standard InChI is InChI=1S/C37H32N4O4S/c1-3-41-33-17-8-7-16-30(33)31-22-27(18-19-34(31)41)38-35(42)24(2)46-29-15-9-13-26(21-29)39-37(44)32(23-28-14-10-20-45-28)40-36(43)25-11-5-4-6-12-25/h4-24H,3H2,1-2H3,(H,38,42)(H,39,44)(H,40,43)/b32-23-. The minimum absolute atomic E-state index is 0.0219. The van der Waals surface area contributed by atoms with E-state index < -0.39 is 17.1 Å². The van der Waals surface area contributed by atoms with Gasteiger partial charge in [-0.2, -0.15) is 0 Å². The Balaban J connectivity index is 1.14. The summed E-state index contributed by atoms with van der Waals surface area (Å²) in [5.41, 5.74) is 3.98. The number of fused-ring (bicyclic) bond motifs is 3. The molecule has 0 saturated heterocycles. The van der Waals surface area contributed by atoms with Crippen LogP contribution in [0.4, 0.5) is 11.4 Å². The highest BCUT2D eigenvalue weighted by Gasteiger charge is 2.18. The number of nitrogens with one attached hydrogen (secondary N) is 3. The first kappa shape index (κ1) is 30.5. The van der Waals surface area contributed by atoms with E-state index in [0.29, 0.717) is 17.0 Å². The summed E-state index contributed by atoms with van der Waals surface area (Å²) in [6, 6.07) is 33.5. The van der Waals surface area contributed by atoms with Crippen LogP contribution in [-0.2, 0) is 16.1 Å². The second-order valence-electron chi connectivity index (χ2n) is 10.6. The number of furan rings is 1. The van der Waals surface area contributed by atoms with Crippen molar-refractivity contribution in [1.82, 2.24) is 9.88 Å². The third-order valence-electron chi connectivity index (χ3n) is 7.49. The topological polar surface area (TPSA) is 105 Å². The van der Waals surface area contributed by atoms with Gasteiger partial charge >= 0.3 is 0 Å². The average Bonchev–Trinajstić information content (AvgIpc) is 3.70. The van der Waals surface area contributed by atoms with Crippen molar-refractivity contribution in [3.63, 3.8) is 0 Å². The number of nitrogens with zero attached hydrogens (tertiary/aromatic N) is 1. The molecule has 46 heavy (non-hydrogen) atoms. The van der Waals surface area contributed by atoms with Gasteiger partial charge in [-0.3, -0.25) is 14.4 Å². The first-order valence-electron chi connectivity index (χ1n) is 14.9. The molecule has 230 valence electrons. The van der Waals surface area contributed by atoms with Gasteiger partial charge in [-0.1, -0.05) is 42.5 Å². The number of carbonyl (C=O) groups is 3. The van der Waals surface area contributed by atoms with Crippen LogP contribution in [0, 0.1) is 0 Å². The van der Waals surface area contributed by atoms with E-state index in [4.69, 9.17) is 4.42 Å². The van der Waals surface area contributed by atoms with E-state index in [1.54, 1.807) is 54.6 Å². The van der Waals surface area contributed by atoms with Crippen LogP contribution in [0.15, 0.2) is 130 Å². The molecule has 0 radical (unpaired) electrons. The summed E-state index contributed by atoms with van der Waals surface area (Å²) in [6.45, 7) is 4.82. The van der Waals surface area contributed by atoms with Gasteiger partial charge in [0, 0.05) is 56.3 Å². The minimum Gasteiger partial charge on any atom is -0.465 e. The zero-order valence-electron chi connectivity index (χ0n) is 25.3. The Hall–Kier alpha value is -5.54. The quantitative estimate of drug-likeness (QED) is 0.106. The Morgan fingerprint density at radius 3 is 2.35 bits per heavy atom. The maximum absolute atomic E-state index is 13.3. The van der Waals surface area contributed by atoms with Gasteiger partial charge in [0.2, 0.25) is 5.91 Å². The molecular formula is C37H32N4O4S. The van der Waals surface area contributed by atoms with E-state index in [-0.39, 0.29) is 11.6 Å². The molecule has 0 aliphatic heterocycles. The summed E-state index contributed by atoms with van der Waals surface area (Å²) < 4.78 is 7.65. The van der Waals surface area contributed by atoms with Gasteiger partial charge in [0.1, 0.15) is 11.5 Å². The Kier molecular flexibility index (Phi) is 9.03. The predicted octanol–water partition coefficient (Wildman–Crippen LogP) is 7.94. The molecule has 0 bridgehead atoms. The van der Waals surface area contributed by atoms with Gasteiger partial charge in [0.15, 0.2) is 0 Å². The normalized spacial score (nSPS) is 12.2. The zero-order chi connectivity index (χ0) is 32.0. The van der Waals surface area contributed by atoms with Gasteiger partial charge < -0.3 is 24.9 Å². The monoisotopic (exact) mass is 628 g/mol.